The van der Waals surface area contributed by atoms with Crippen LogP contribution in [0.3, 0.4) is 0 Å². The summed E-state index contributed by atoms with van der Waals surface area (Å²) in [5.74, 6) is -0.410. The molecule has 0 radical (unpaired) electrons. The average molecular weight is 382 g/mol. The summed E-state index contributed by atoms with van der Waals surface area (Å²) >= 11 is 0. The zero-order chi connectivity index (χ0) is 20.0. The summed E-state index contributed by atoms with van der Waals surface area (Å²) in [7, 11) is 2.05. The normalized spacial score (nSPS) is 13.7. The molecule has 0 amide bonds. The summed E-state index contributed by atoms with van der Waals surface area (Å²) in [6.07, 6.45) is 6.78. The number of hydrogen-bond donors (Lipinski definition) is 1. The molecule has 4 aromatic rings. The lowest BCUT2D eigenvalue weighted by Gasteiger charge is -2.09. The molecular weight excluding hydrogens is 360 g/mol. The molecule has 1 aliphatic carbocycles. The number of aryl methyl sites for hydroxylation is 1. The Balaban J connectivity index is 1.52. The number of fused-ring (bicyclic) bond motifs is 1. The molecule has 1 aliphatic rings. The van der Waals surface area contributed by atoms with Crippen LogP contribution in [0.2, 0.25) is 0 Å². The lowest BCUT2D eigenvalue weighted by atomic mass is 10.00. The van der Waals surface area contributed by atoms with Gasteiger partial charge in [0.1, 0.15) is 0 Å². The van der Waals surface area contributed by atoms with E-state index in [1.54, 1.807) is 0 Å². The molecule has 0 bridgehead atoms. The van der Waals surface area contributed by atoms with E-state index in [4.69, 9.17) is 0 Å². The van der Waals surface area contributed by atoms with Gasteiger partial charge in [-0.1, -0.05) is 42.5 Å². The second-order valence-electron chi connectivity index (χ2n) is 7.89. The van der Waals surface area contributed by atoms with Crippen LogP contribution in [0, 0.1) is 0 Å². The molecular formula is C25H22N2O2. The molecule has 2 heterocycles. The fourth-order valence-corrected chi connectivity index (χ4v) is 4.06. The zero-order valence-corrected chi connectivity index (χ0v) is 16.3. The van der Waals surface area contributed by atoms with Gasteiger partial charge in [0.05, 0.1) is 11.3 Å². The van der Waals surface area contributed by atoms with E-state index in [9.17, 15) is 9.90 Å². The van der Waals surface area contributed by atoms with Gasteiger partial charge in [-0.05, 0) is 47.6 Å². The van der Waals surface area contributed by atoms with E-state index in [-0.39, 0.29) is 0 Å². The molecule has 1 saturated carbocycles. The Morgan fingerprint density at radius 3 is 2.66 bits per heavy atom. The predicted molar refractivity (Wildman–Crippen MR) is 114 cm³/mol. The van der Waals surface area contributed by atoms with Gasteiger partial charge in [-0.2, -0.15) is 0 Å². The van der Waals surface area contributed by atoms with Crippen molar-refractivity contribution < 1.29 is 9.90 Å². The predicted octanol–water partition coefficient (Wildman–Crippen LogP) is 5.41. The Morgan fingerprint density at radius 2 is 1.93 bits per heavy atom. The number of benzene rings is 2. The maximum absolute atomic E-state index is 11.8. The molecule has 144 valence electrons. The topological polar surface area (TPSA) is 55.1 Å². The number of nitrogens with zero attached hydrogens (tertiary/aromatic N) is 2. The van der Waals surface area contributed by atoms with Crippen LogP contribution in [0.15, 0.2) is 67.0 Å². The summed E-state index contributed by atoms with van der Waals surface area (Å²) in [5, 5.41) is 10.9. The van der Waals surface area contributed by atoms with Crippen molar-refractivity contribution >= 4 is 16.9 Å². The quantitative estimate of drug-likeness (QED) is 0.502. The molecule has 2 aromatic heterocycles. The van der Waals surface area contributed by atoms with Crippen molar-refractivity contribution in [3.63, 3.8) is 0 Å². The van der Waals surface area contributed by atoms with Crippen LogP contribution < -0.4 is 0 Å². The van der Waals surface area contributed by atoms with Crippen LogP contribution in [0.5, 0.6) is 0 Å². The molecule has 4 heteroatoms. The van der Waals surface area contributed by atoms with Crippen molar-refractivity contribution in [2.45, 2.75) is 25.2 Å². The van der Waals surface area contributed by atoms with Gasteiger partial charge in [-0.25, -0.2) is 4.79 Å². The number of rotatable bonds is 5. The Morgan fingerprint density at radius 1 is 1.14 bits per heavy atom. The smallest absolute Gasteiger partial charge is 0.337 e. The highest BCUT2D eigenvalue weighted by molar-refractivity contribution is 5.96. The number of pyridine rings is 1. The van der Waals surface area contributed by atoms with Crippen LogP contribution in [0.25, 0.3) is 22.0 Å². The third-order valence-corrected chi connectivity index (χ3v) is 5.78. The molecule has 1 N–H and O–H groups in total. The Bertz CT molecular complexity index is 1220. The number of carboxylic acids is 1. The van der Waals surface area contributed by atoms with Crippen LogP contribution >= 0.6 is 0 Å². The maximum atomic E-state index is 11.8. The second-order valence-corrected chi connectivity index (χ2v) is 7.89. The van der Waals surface area contributed by atoms with E-state index in [0.717, 1.165) is 29.5 Å². The molecule has 4 nitrogen and oxygen atoms in total. The zero-order valence-electron chi connectivity index (χ0n) is 16.3. The fourth-order valence-electron chi connectivity index (χ4n) is 4.06. The van der Waals surface area contributed by atoms with Crippen molar-refractivity contribution in [3.8, 4) is 11.1 Å². The molecule has 29 heavy (non-hydrogen) atoms. The summed E-state index contributed by atoms with van der Waals surface area (Å²) in [5.41, 5.74) is 6.59. The number of aromatic nitrogens is 2. The van der Waals surface area contributed by atoms with E-state index >= 15 is 0 Å². The van der Waals surface area contributed by atoms with Gasteiger partial charge < -0.3 is 9.67 Å². The SMILES string of the molecule is Cn1cc(-c2ccccc2)c2ccc(Cc3ncc(C4CC4)cc3C(=O)O)cc21. The van der Waals surface area contributed by atoms with Crippen molar-refractivity contribution in [2.24, 2.45) is 7.05 Å². The van der Waals surface area contributed by atoms with Crippen molar-refractivity contribution in [1.82, 2.24) is 9.55 Å². The van der Waals surface area contributed by atoms with E-state index in [0.29, 0.717) is 23.6 Å². The minimum atomic E-state index is -0.902. The fraction of sp³-hybridized carbons (Fsp3) is 0.200. The van der Waals surface area contributed by atoms with Crippen molar-refractivity contribution in [3.05, 3.63) is 89.4 Å². The molecule has 0 unspecified atom stereocenters. The monoisotopic (exact) mass is 382 g/mol. The highest BCUT2D eigenvalue weighted by Crippen LogP contribution is 2.40. The summed E-state index contributed by atoms with van der Waals surface area (Å²) in [4.78, 5) is 16.3. The lowest BCUT2D eigenvalue weighted by Crippen LogP contribution is -2.07. The van der Waals surface area contributed by atoms with Crippen molar-refractivity contribution in [2.75, 3.05) is 0 Å². The number of aromatic carboxylic acids is 1. The minimum absolute atomic E-state index is 0.325. The highest BCUT2D eigenvalue weighted by Gasteiger charge is 2.26. The van der Waals surface area contributed by atoms with Crippen LogP contribution in [0.1, 0.15) is 45.9 Å². The number of carboxylic acid groups (broad SMARTS) is 1. The van der Waals surface area contributed by atoms with E-state index < -0.39 is 5.97 Å². The second kappa shape index (κ2) is 6.89. The number of carbonyl (C=O) groups is 1. The summed E-state index contributed by atoms with van der Waals surface area (Å²) in [6.45, 7) is 0. The molecule has 2 aromatic carbocycles. The lowest BCUT2D eigenvalue weighted by molar-refractivity contribution is 0.0695. The molecule has 1 fully saturated rings. The van der Waals surface area contributed by atoms with Gasteiger partial charge >= 0.3 is 5.97 Å². The first-order valence-electron chi connectivity index (χ1n) is 9.95. The average Bonchev–Trinajstić information content (AvgIpc) is 3.53. The van der Waals surface area contributed by atoms with Crippen LogP contribution in [0.4, 0.5) is 0 Å². The van der Waals surface area contributed by atoms with Gasteiger partial charge in [-0.3, -0.25) is 4.98 Å². The largest absolute Gasteiger partial charge is 0.478 e. The van der Waals surface area contributed by atoms with E-state index in [2.05, 4.69) is 46.1 Å². The molecule has 5 rings (SSSR count). The van der Waals surface area contributed by atoms with Gasteiger partial charge in [0.2, 0.25) is 0 Å². The Kier molecular flexibility index (Phi) is 4.20. The Hall–Kier alpha value is -3.40. The first kappa shape index (κ1) is 17.7. The summed E-state index contributed by atoms with van der Waals surface area (Å²) < 4.78 is 2.13. The summed E-state index contributed by atoms with van der Waals surface area (Å²) in [6, 6.07) is 18.5. The van der Waals surface area contributed by atoms with Crippen LogP contribution in [-0.4, -0.2) is 20.6 Å². The highest BCUT2D eigenvalue weighted by atomic mass is 16.4. The molecule has 0 aliphatic heterocycles. The van der Waals surface area contributed by atoms with E-state index in [1.165, 1.54) is 16.5 Å². The van der Waals surface area contributed by atoms with Gasteiger partial charge in [0, 0.05) is 42.3 Å². The van der Waals surface area contributed by atoms with Gasteiger partial charge in [-0.15, -0.1) is 0 Å². The third-order valence-electron chi connectivity index (χ3n) is 5.78. The van der Waals surface area contributed by atoms with E-state index in [1.807, 2.05) is 37.5 Å². The number of hydrogen-bond acceptors (Lipinski definition) is 2. The van der Waals surface area contributed by atoms with Crippen molar-refractivity contribution in [1.29, 1.82) is 0 Å². The first-order valence-corrected chi connectivity index (χ1v) is 9.95. The molecule has 0 saturated heterocycles. The van der Waals surface area contributed by atoms with Gasteiger partial charge in [0.15, 0.2) is 0 Å². The van der Waals surface area contributed by atoms with Gasteiger partial charge in [0.25, 0.3) is 0 Å². The molecule has 0 atom stereocenters. The third kappa shape index (κ3) is 3.31. The van der Waals surface area contributed by atoms with Crippen LogP contribution in [-0.2, 0) is 13.5 Å². The maximum Gasteiger partial charge on any atom is 0.337 e. The standard InChI is InChI=1S/C25H22N2O2/c1-27-15-22(18-5-3-2-4-6-18)20-10-7-16(12-24(20)27)11-23-21(25(28)29)13-19(14-26-23)17-8-9-17/h2-7,10,12-15,17H,8-9,11H2,1H3,(H,28,29). The first-order chi connectivity index (χ1) is 14.1. The minimum Gasteiger partial charge on any atom is -0.478 e. The Labute approximate surface area is 169 Å². The molecule has 0 spiro atoms.